The molecule has 11 heteroatoms. The SMILES string of the molecule is [B]C([B])([B])NC1CC(CO)NC(NC2CC3CCOC3C(C3=CCNCCC3)C2F)N1. The number of nitrogens with one attached hydrogen (secondary N) is 5. The Morgan fingerprint density at radius 3 is 2.87 bits per heavy atom. The molecular formula is C20H33B3FN5O2. The zero-order chi connectivity index (χ0) is 22.0. The van der Waals surface area contributed by atoms with Crippen molar-refractivity contribution >= 4 is 23.5 Å². The first kappa shape index (κ1) is 23.7. The molecule has 6 N–H and O–H groups in total. The maximum absolute atomic E-state index is 16.0. The van der Waals surface area contributed by atoms with Crippen LogP contribution < -0.4 is 26.6 Å². The molecule has 0 amide bonds. The van der Waals surface area contributed by atoms with Gasteiger partial charge in [-0.15, -0.1) is 0 Å². The molecule has 7 nitrogen and oxygen atoms in total. The average Bonchev–Trinajstić information content (AvgIpc) is 3.00. The normalized spacial score (nSPS) is 41.9. The highest BCUT2D eigenvalue weighted by Gasteiger charge is 2.49. The molecule has 3 aliphatic heterocycles. The summed E-state index contributed by atoms with van der Waals surface area (Å²) in [6.07, 6.45) is 4.43. The van der Waals surface area contributed by atoms with E-state index in [9.17, 15) is 5.11 Å². The summed E-state index contributed by atoms with van der Waals surface area (Å²) in [6.45, 7) is 2.37. The summed E-state index contributed by atoms with van der Waals surface area (Å²) < 4.78 is 22.0. The minimum absolute atomic E-state index is 0.0448. The number of aliphatic hydroxyl groups is 1. The highest BCUT2D eigenvalue weighted by atomic mass is 19.1. The van der Waals surface area contributed by atoms with Gasteiger partial charge in [0.15, 0.2) is 0 Å². The number of rotatable bonds is 6. The fourth-order valence-corrected chi connectivity index (χ4v) is 5.64. The Kier molecular flexibility index (Phi) is 7.84. The summed E-state index contributed by atoms with van der Waals surface area (Å²) in [5.41, 5.74) is 1.18. The van der Waals surface area contributed by atoms with Crippen LogP contribution in [0.2, 0.25) is 0 Å². The van der Waals surface area contributed by atoms with Crippen LogP contribution >= 0.6 is 0 Å². The maximum atomic E-state index is 16.0. The Morgan fingerprint density at radius 2 is 2.10 bits per heavy atom. The fourth-order valence-electron chi connectivity index (χ4n) is 5.64. The number of alkyl halides is 1. The van der Waals surface area contributed by atoms with Crippen molar-refractivity contribution in [3.05, 3.63) is 11.6 Å². The molecule has 1 aliphatic carbocycles. The van der Waals surface area contributed by atoms with Gasteiger partial charge in [-0.25, -0.2) is 4.39 Å². The van der Waals surface area contributed by atoms with Gasteiger partial charge < -0.3 is 20.5 Å². The predicted octanol–water partition coefficient (Wildman–Crippen LogP) is -1.72. The van der Waals surface area contributed by atoms with Crippen LogP contribution in [-0.2, 0) is 4.74 Å². The molecule has 0 bridgehead atoms. The minimum atomic E-state index is -1.55. The predicted molar refractivity (Wildman–Crippen MR) is 120 cm³/mol. The Labute approximate surface area is 188 Å². The Hall–Kier alpha value is -0.415. The lowest BCUT2D eigenvalue weighted by Crippen LogP contribution is -2.72. The van der Waals surface area contributed by atoms with E-state index in [4.69, 9.17) is 28.3 Å². The molecular weight excluding hydrogens is 394 g/mol. The summed E-state index contributed by atoms with van der Waals surface area (Å²) >= 11 is 0. The molecule has 0 spiro atoms. The summed E-state index contributed by atoms with van der Waals surface area (Å²) in [5, 5.41) is 24.4. The van der Waals surface area contributed by atoms with E-state index >= 15 is 4.39 Å². The van der Waals surface area contributed by atoms with Crippen LogP contribution in [0.4, 0.5) is 4.39 Å². The molecule has 31 heavy (non-hydrogen) atoms. The second-order valence-electron chi connectivity index (χ2n) is 9.46. The molecule has 0 aromatic carbocycles. The Bertz CT molecular complexity index is 640. The van der Waals surface area contributed by atoms with E-state index in [1.165, 1.54) is 5.57 Å². The molecule has 166 valence electrons. The van der Waals surface area contributed by atoms with Crippen molar-refractivity contribution in [3.63, 3.8) is 0 Å². The number of hydrogen-bond donors (Lipinski definition) is 6. The fraction of sp³-hybridized carbons (Fsp3) is 0.900. The van der Waals surface area contributed by atoms with Gasteiger partial charge in [0.05, 0.1) is 42.4 Å². The number of halogens is 1. The molecule has 4 aliphatic rings. The van der Waals surface area contributed by atoms with Crippen LogP contribution in [0.5, 0.6) is 0 Å². The smallest absolute Gasteiger partial charge is 0.124 e. The number of aliphatic hydroxyl groups excluding tert-OH is 1. The van der Waals surface area contributed by atoms with Crippen molar-refractivity contribution in [2.75, 3.05) is 26.3 Å². The van der Waals surface area contributed by atoms with Gasteiger partial charge in [0.1, 0.15) is 12.5 Å². The number of hydrogen-bond acceptors (Lipinski definition) is 7. The van der Waals surface area contributed by atoms with Gasteiger partial charge in [0, 0.05) is 31.2 Å². The van der Waals surface area contributed by atoms with Crippen molar-refractivity contribution in [1.29, 1.82) is 0 Å². The lowest BCUT2D eigenvalue weighted by atomic mass is 9.49. The molecule has 6 radical (unpaired) electrons. The molecule has 2 saturated heterocycles. The Balaban J connectivity index is 1.47. The van der Waals surface area contributed by atoms with Gasteiger partial charge >= 0.3 is 0 Å². The van der Waals surface area contributed by atoms with E-state index in [0.29, 0.717) is 25.4 Å². The van der Waals surface area contributed by atoms with E-state index in [0.717, 1.165) is 32.4 Å². The van der Waals surface area contributed by atoms with Crippen LogP contribution in [0.25, 0.3) is 0 Å². The molecule has 0 aromatic heterocycles. The van der Waals surface area contributed by atoms with E-state index in [2.05, 4.69) is 32.7 Å². The topological polar surface area (TPSA) is 89.6 Å². The van der Waals surface area contributed by atoms with Crippen molar-refractivity contribution in [3.8, 4) is 0 Å². The largest absolute Gasteiger partial charge is 0.395 e. The van der Waals surface area contributed by atoms with Crippen molar-refractivity contribution in [2.45, 2.75) is 74.2 Å². The Morgan fingerprint density at radius 1 is 1.26 bits per heavy atom. The molecule has 4 rings (SSSR count). The summed E-state index contributed by atoms with van der Waals surface area (Å²) in [4.78, 5) is 0. The standard InChI is InChI=1S/C20H33B3FN5O2/c21-20(22,23)29-15-9-13(10-30)26-19(28-15)27-14-8-12-4-7-31-18(12)16(17(14)24)11-2-1-5-25-6-3-11/h3,12-19,25-30H,1-2,4-10H2. The van der Waals surface area contributed by atoms with Crippen LogP contribution in [0.3, 0.4) is 0 Å². The number of ether oxygens (including phenoxy) is 1. The van der Waals surface area contributed by atoms with Gasteiger partial charge in [-0.1, -0.05) is 16.9 Å². The van der Waals surface area contributed by atoms with E-state index in [1.54, 1.807) is 0 Å². The minimum Gasteiger partial charge on any atom is -0.395 e. The number of fused-ring (bicyclic) bond motifs is 1. The first-order valence-electron chi connectivity index (χ1n) is 11.5. The van der Waals surface area contributed by atoms with Crippen molar-refractivity contribution in [1.82, 2.24) is 26.6 Å². The van der Waals surface area contributed by atoms with Crippen LogP contribution in [0, 0.1) is 11.8 Å². The third kappa shape index (κ3) is 5.94. The zero-order valence-electron chi connectivity index (χ0n) is 18.0. The van der Waals surface area contributed by atoms with E-state index in [1.807, 2.05) is 0 Å². The maximum Gasteiger partial charge on any atom is 0.124 e. The zero-order valence-corrected chi connectivity index (χ0v) is 18.0. The lowest BCUT2D eigenvalue weighted by molar-refractivity contribution is -0.0269. The van der Waals surface area contributed by atoms with E-state index in [-0.39, 0.29) is 36.9 Å². The average molecular weight is 427 g/mol. The first-order valence-corrected chi connectivity index (χ1v) is 11.5. The van der Waals surface area contributed by atoms with Crippen LogP contribution in [-0.4, -0.2) is 97.0 Å². The first-order chi connectivity index (χ1) is 14.8. The summed E-state index contributed by atoms with van der Waals surface area (Å²) in [7, 11) is 17.1. The molecule has 3 heterocycles. The second-order valence-corrected chi connectivity index (χ2v) is 9.46. The quantitative estimate of drug-likeness (QED) is 0.222. The molecule has 8 unspecified atom stereocenters. The van der Waals surface area contributed by atoms with E-state index < -0.39 is 17.7 Å². The van der Waals surface area contributed by atoms with Gasteiger partial charge in [-0.05, 0) is 44.6 Å². The third-order valence-electron chi connectivity index (χ3n) is 6.97. The van der Waals surface area contributed by atoms with Gasteiger partial charge in [0.25, 0.3) is 0 Å². The summed E-state index contributed by atoms with van der Waals surface area (Å²) in [6, 6.07) is -0.541. The van der Waals surface area contributed by atoms with Gasteiger partial charge in [0.2, 0.25) is 0 Å². The molecule has 3 fully saturated rings. The van der Waals surface area contributed by atoms with Crippen LogP contribution in [0.15, 0.2) is 11.6 Å². The van der Waals surface area contributed by atoms with Gasteiger partial charge in [-0.3, -0.25) is 16.0 Å². The van der Waals surface area contributed by atoms with Gasteiger partial charge in [-0.2, -0.15) is 0 Å². The molecule has 0 aromatic rings. The second kappa shape index (κ2) is 10.2. The third-order valence-corrected chi connectivity index (χ3v) is 6.97. The van der Waals surface area contributed by atoms with Crippen molar-refractivity contribution in [2.24, 2.45) is 11.8 Å². The highest BCUT2D eigenvalue weighted by molar-refractivity contribution is 6.59. The van der Waals surface area contributed by atoms with Crippen LogP contribution in [0.1, 0.15) is 32.1 Å². The van der Waals surface area contributed by atoms with Crippen molar-refractivity contribution < 1.29 is 14.2 Å². The molecule has 8 atom stereocenters. The lowest BCUT2D eigenvalue weighted by Gasteiger charge is -2.46. The highest BCUT2D eigenvalue weighted by Crippen LogP contribution is 2.44. The summed E-state index contributed by atoms with van der Waals surface area (Å²) in [5.74, 6) is 0.108. The monoisotopic (exact) mass is 427 g/mol. The molecule has 1 saturated carbocycles.